The van der Waals surface area contributed by atoms with E-state index in [4.69, 9.17) is 18.9 Å². The fourth-order valence-electron chi connectivity index (χ4n) is 9.79. The Bertz CT molecular complexity index is 1560. The summed E-state index contributed by atoms with van der Waals surface area (Å²) in [5.74, 6) is -2.06. The lowest BCUT2D eigenvalue weighted by Gasteiger charge is -2.25. The number of carbonyl (C=O) groups is 3. The van der Waals surface area contributed by atoms with Gasteiger partial charge >= 0.3 is 17.9 Å². The smallest absolute Gasteiger partial charge is 0.361 e. The van der Waals surface area contributed by atoms with Crippen LogP contribution in [-0.2, 0) is 33.3 Å². The number of quaternary nitrogens is 1. The van der Waals surface area contributed by atoms with Gasteiger partial charge in [-0.2, -0.15) is 0 Å². The van der Waals surface area contributed by atoms with Crippen molar-refractivity contribution in [1.29, 1.82) is 0 Å². The molecule has 0 spiro atoms. The minimum absolute atomic E-state index is 0.177. The van der Waals surface area contributed by atoms with Gasteiger partial charge in [0.15, 0.2) is 6.10 Å². The van der Waals surface area contributed by atoms with Crippen molar-refractivity contribution in [2.24, 2.45) is 0 Å². The first kappa shape index (κ1) is 77.7. The Kier molecular flexibility index (Phi) is 60.2. The van der Waals surface area contributed by atoms with Crippen LogP contribution in [0.2, 0.25) is 0 Å². The van der Waals surface area contributed by atoms with E-state index in [1.165, 1.54) is 205 Å². The molecule has 9 nitrogen and oxygen atoms in total. The second kappa shape index (κ2) is 62.8. The van der Waals surface area contributed by atoms with Crippen molar-refractivity contribution in [3.63, 3.8) is 0 Å². The third-order valence-electron chi connectivity index (χ3n) is 15.0. The molecule has 1 N–H and O–H groups in total. The van der Waals surface area contributed by atoms with Crippen LogP contribution >= 0.6 is 0 Å². The highest BCUT2D eigenvalue weighted by atomic mass is 16.7. The van der Waals surface area contributed by atoms with Crippen LogP contribution < -0.4 is 0 Å². The molecule has 0 aliphatic rings. The Morgan fingerprint density at radius 3 is 1.05 bits per heavy atom. The molecule has 2 atom stereocenters. The third kappa shape index (κ3) is 64.1. The van der Waals surface area contributed by atoms with Crippen LogP contribution in [0, 0.1) is 0 Å². The molecule has 0 rings (SSSR count). The number of hydrogen-bond donors (Lipinski definition) is 1. The maximum Gasteiger partial charge on any atom is 0.361 e. The average Bonchev–Trinajstić information content (AvgIpc) is 3.44. The molecule has 0 heterocycles. The number of carbonyl (C=O) groups excluding carboxylic acids is 2. The lowest BCUT2D eigenvalue weighted by molar-refractivity contribution is -0.870. The molecule has 0 bridgehead atoms. The van der Waals surface area contributed by atoms with E-state index >= 15 is 0 Å². The fourth-order valence-corrected chi connectivity index (χ4v) is 9.79. The quantitative estimate of drug-likeness (QED) is 0.0211. The Labute approximate surface area is 500 Å². The summed E-state index contributed by atoms with van der Waals surface area (Å²) >= 11 is 0. The predicted molar refractivity (Wildman–Crippen MR) is 346 cm³/mol. The molecule has 0 saturated heterocycles. The van der Waals surface area contributed by atoms with Crippen molar-refractivity contribution in [3.8, 4) is 0 Å². The zero-order valence-corrected chi connectivity index (χ0v) is 53.7. The molecule has 2 unspecified atom stereocenters. The molecule has 9 heteroatoms. The molecule has 0 amide bonds. The summed E-state index contributed by atoms with van der Waals surface area (Å²) in [4.78, 5) is 37.5. The van der Waals surface area contributed by atoms with E-state index in [1.54, 1.807) is 0 Å². The normalized spacial score (nSPS) is 13.1. The molecule has 0 aromatic rings. The molecule has 0 aliphatic carbocycles. The first-order valence-electron chi connectivity index (χ1n) is 34.1. The molecular formula is C72H130NO8+. The first-order chi connectivity index (χ1) is 39.6. The van der Waals surface area contributed by atoms with Crippen molar-refractivity contribution < 1.29 is 42.9 Å². The van der Waals surface area contributed by atoms with Crippen LogP contribution in [0.4, 0.5) is 0 Å². The van der Waals surface area contributed by atoms with Crippen LogP contribution in [0.5, 0.6) is 0 Å². The minimum atomic E-state index is -1.53. The largest absolute Gasteiger partial charge is 0.477 e. The van der Waals surface area contributed by atoms with Gasteiger partial charge in [-0.1, -0.05) is 305 Å². The lowest BCUT2D eigenvalue weighted by Crippen LogP contribution is -2.40. The van der Waals surface area contributed by atoms with Gasteiger partial charge in [-0.15, -0.1) is 0 Å². The minimum Gasteiger partial charge on any atom is -0.477 e. The van der Waals surface area contributed by atoms with Gasteiger partial charge in [0.25, 0.3) is 6.29 Å². The van der Waals surface area contributed by atoms with Crippen molar-refractivity contribution in [2.45, 2.75) is 322 Å². The number of nitrogens with zero attached hydrogens (tertiary/aromatic N) is 1. The third-order valence-corrected chi connectivity index (χ3v) is 15.0. The second-order valence-electron chi connectivity index (χ2n) is 24.1. The SMILES string of the molecule is CC/C=C\C/C=C\C/C=C\C/C=C\C/C=C\C/C=C\CCCCC(=O)OC(COC(=O)CCCCCCCCCCCCCCCCCCCCCCCCCCCCCCCCCCCCC)COC(OCC[N+](C)(C)C)C(=O)O. The van der Waals surface area contributed by atoms with Crippen LogP contribution in [0.25, 0.3) is 0 Å². The number of carboxylic acid groups (broad SMARTS) is 1. The molecule has 0 aromatic heterocycles. The van der Waals surface area contributed by atoms with Gasteiger partial charge in [-0.05, 0) is 64.2 Å². The fraction of sp³-hybridized carbons (Fsp3) is 0.792. The Morgan fingerprint density at radius 2 is 0.704 bits per heavy atom. The van der Waals surface area contributed by atoms with E-state index in [9.17, 15) is 19.5 Å². The number of esters is 2. The lowest BCUT2D eigenvalue weighted by atomic mass is 10.0. The van der Waals surface area contributed by atoms with Crippen molar-refractivity contribution in [2.75, 3.05) is 47.5 Å². The van der Waals surface area contributed by atoms with Crippen LogP contribution in [0.3, 0.4) is 0 Å². The first-order valence-corrected chi connectivity index (χ1v) is 34.1. The summed E-state index contributed by atoms with van der Waals surface area (Å²) in [6.07, 6.45) is 80.4. The van der Waals surface area contributed by atoms with Crippen molar-refractivity contribution >= 4 is 17.9 Å². The van der Waals surface area contributed by atoms with Gasteiger partial charge in [0.1, 0.15) is 13.2 Å². The van der Waals surface area contributed by atoms with E-state index in [-0.39, 0.29) is 32.2 Å². The van der Waals surface area contributed by atoms with E-state index < -0.39 is 24.3 Å². The summed E-state index contributed by atoms with van der Waals surface area (Å²) in [6, 6.07) is 0. The standard InChI is InChI=1S/C72H129NO8/c1-6-8-10-12-14-16-18-20-22-24-26-28-29-30-31-32-33-34-35-36-37-38-39-40-41-43-44-46-48-50-52-54-56-58-60-62-69(74)79-66-68(67-80-72(71(76)77)78-65-64-73(3,4)5)81-70(75)63-61-59-57-55-53-51-49-47-45-42-27-25-23-21-19-17-15-13-11-9-7-2/h9,11,15,17,21,23,27,42,47,49,53,55,68,72H,6-8,10,12-14,16,18-20,22,24-26,28-41,43-46,48,50-52,54,56-67H2,1-5H3/p+1/b11-9-,17-15-,23-21-,42-27-,49-47-,55-53-. The molecule has 0 radical (unpaired) electrons. The highest BCUT2D eigenvalue weighted by molar-refractivity contribution is 5.71. The van der Waals surface area contributed by atoms with Gasteiger partial charge in [0.2, 0.25) is 0 Å². The zero-order chi connectivity index (χ0) is 59.1. The van der Waals surface area contributed by atoms with E-state index in [0.717, 1.165) is 70.6 Å². The Morgan fingerprint density at radius 1 is 0.383 bits per heavy atom. The van der Waals surface area contributed by atoms with E-state index in [0.29, 0.717) is 23.9 Å². The Hall–Kier alpha value is -3.27. The van der Waals surface area contributed by atoms with Crippen LogP contribution in [0.15, 0.2) is 72.9 Å². The summed E-state index contributed by atoms with van der Waals surface area (Å²) in [6.45, 7) is 4.75. The van der Waals surface area contributed by atoms with Crippen LogP contribution in [-0.4, -0.2) is 87.4 Å². The molecular weight excluding hydrogens is 1010 g/mol. The number of ether oxygens (including phenoxy) is 4. The highest BCUT2D eigenvalue weighted by Gasteiger charge is 2.25. The van der Waals surface area contributed by atoms with Gasteiger partial charge in [0.05, 0.1) is 34.4 Å². The molecule has 470 valence electrons. The van der Waals surface area contributed by atoms with E-state index in [1.807, 2.05) is 21.1 Å². The van der Waals surface area contributed by atoms with E-state index in [2.05, 4.69) is 86.8 Å². The predicted octanol–water partition coefficient (Wildman–Crippen LogP) is 20.9. The summed E-state index contributed by atoms with van der Waals surface area (Å²) in [5, 5.41) is 9.72. The second-order valence-corrected chi connectivity index (χ2v) is 24.1. The average molecular weight is 1140 g/mol. The van der Waals surface area contributed by atoms with Crippen molar-refractivity contribution in [1.82, 2.24) is 0 Å². The van der Waals surface area contributed by atoms with Gasteiger partial charge in [0, 0.05) is 12.8 Å². The maximum atomic E-state index is 12.9. The van der Waals surface area contributed by atoms with Gasteiger partial charge in [-0.25, -0.2) is 4.79 Å². The molecule has 0 aromatic carbocycles. The van der Waals surface area contributed by atoms with Crippen molar-refractivity contribution in [3.05, 3.63) is 72.9 Å². The summed E-state index contributed by atoms with van der Waals surface area (Å²) in [5.41, 5.74) is 0. The monoisotopic (exact) mass is 1140 g/mol. The summed E-state index contributed by atoms with van der Waals surface area (Å²) < 4.78 is 22.9. The number of rotatable bonds is 63. The molecule has 0 aliphatic heterocycles. The van der Waals surface area contributed by atoms with Crippen LogP contribution in [0.1, 0.15) is 309 Å². The Balaban J connectivity index is 4.08. The topological polar surface area (TPSA) is 108 Å². The zero-order valence-electron chi connectivity index (χ0n) is 53.7. The number of aliphatic carboxylic acids is 1. The van der Waals surface area contributed by atoms with Gasteiger partial charge < -0.3 is 28.5 Å². The molecule has 0 fully saturated rings. The highest BCUT2D eigenvalue weighted by Crippen LogP contribution is 2.18. The number of unbranched alkanes of at least 4 members (excludes halogenated alkanes) is 36. The maximum absolute atomic E-state index is 12.9. The summed E-state index contributed by atoms with van der Waals surface area (Å²) in [7, 11) is 5.96. The number of hydrogen-bond acceptors (Lipinski definition) is 7. The number of carboxylic acids is 1. The molecule has 0 saturated carbocycles. The number of likely N-dealkylation sites (N-methyl/N-ethyl adjacent to an activating group) is 1. The molecule has 81 heavy (non-hydrogen) atoms. The number of allylic oxidation sites excluding steroid dienone is 12. The van der Waals surface area contributed by atoms with Gasteiger partial charge in [-0.3, -0.25) is 9.59 Å².